The minimum atomic E-state index is 0.134. The van der Waals surface area contributed by atoms with Crippen molar-refractivity contribution in [1.82, 2.24) is 14.9 Å². The molecule has 0 unspecified atom stereocenters. The molecule has 6 nitrogen and oxygen atoms in total. The van der Waals surface area contributed by atoms with Gasteiger partial charge < -0.3 is 14.7 Å². The van der Waals surface area contributed by atoms with Crippen molar-refractivity contribution in [3.63, 3.8) is 0 Å². The molecule has 3 heterocycles. The van der Waals surface area contributed by atoms with E-state index in [2.05, 4.69) is 48.9 Å². The number of piperidine rings is 1. The van der Waals surface area contributed by atoms with Crippen LogP contribution in [0.5, 0.6) is 0 Å². The Kier molecular flexibility index (Phi) is 5.23. The van der Waals surface area contributed by atoms with Gasteiger partial charge in [-0.15, -0.1) is 0 Å². The number of carbonyl (C=O) groups excluding carboxylic acids is 1. The summed E-state index contributed by atoms with van der Waals surface area (Å²) >= 11 is 0. The normalized spacial score (nSPS) is 18.6. The van der Waals surface area contributed by atoms with E-state index in [1.807, 2.05) is 19.1 Å². The molecule has 1 amide bonds. The van der Waals surface area contributed by atoms with Gasteiger partial charge >= 0.3 is 0 Å². The van der Waals surface area contributed by atoms with Crippen LogP contribution in [0.25, 0.3) is 0 Å². The van der Waals surface area contributed by atoms with Crippen molar-refractivity contribution in [2.45, 2.75) is 19.8 Å². The van der Waals surface area contributed by atoms with Crippen molar-refractivity contribution in [1.29, 1.82) is 0 Å². The number of hydrogen-bond acceptors (Lipinski definition) is 5. The Bertz CT molecular complexity index is 765. The van der Waals surface area contributed by atoms with Gasteiger partial charge in [0.25, 0.3) is 0 Å². The lowest BCUT2D eigenvalue weighted by Crippen LogP contribution is -2.51. The Hall–Kier alpha value is -2.63. The fourth-order valence-corrected chi connectivity index (χ4v) is 4.00. The number of aryl methyl sites for hydroxylation is 1. The van der Waals surface area contributed by atoms with Crippen LogP contribution in [0.2, 0.25) is 0 Å². The fourth-order valence-electron chi connectivity index (χ4n) is 4.00. The molecule has 0 radical (unpaired) electrons. The maximum atomic E-state index is 13.0. The van der Waals surface area contributed by atoms with E-state index in [0.717, 1.165) is 63.8 Å². The second kappa shape index (κ2) is 7.94. The number of anilines is 2. The highest BCUT2D eigenvalue weighted by molar-refractivity contribution is 5.79. The van der Waals surface area contributed by atoms with Gasteiger partial charge in [0.15, 0.2) is 0 Å². The average Bonchev–Trinajstić information content (AvgIpc) is 2.74. The number of aromatic nitrogens is 2. The highest BCUT2D eigenvalue weighted by Gasteiger charge is 2.31. The fraction of sp³-hybridized carbons (Fsp3) is 0.476. The monoisotopic (exact) mass is 365 g/mol. The Morgan fingerprint density at radius 3 is 2.30 bits per heavy atom. The zero-order chi connectivity index (χ0) is 18.6. The molecule has 0 spiro atoms. The lowest BCUT2D eigenvalue weighted by Gasteiger charge is -2.39. The van der Waals surface area contributed by atoms with Crippen LogP contribution in [-0.2, 0) is 4.79 Å². The number of carbonyl (C=O) groups is 1. The van der Waals surface area contributed by atoms with Crippen LogP contribution in [0.15, 0.2) is 42.6 Å². The predicted octanol–water partition coefficient (Wildman–Crippen LogP) is 2.35. The Balaban J connectivity index is 1.29. The Labute approximate surface area is 160 Å². The van der Waals surface area contributed by atoms with E-state index in [0.29, 0.717) is 5.91 Å². The molecule has 0 atom stereocenters. The van der Waals surface area contributed by atoms with Gasteiger partial charge in [-0.1, -0.05) is 18.2 Å². The van der Waals surface area contributed by atoms with E-state index in [9.17, 15) is 4.79 Å². The zero-order valence-corrected chi connectivity index (χ0v) is 15.9. The number of para-hydroxylation sites is 1. The summed E-state index contributed by atoms with van der Waals surface area (Å²) in [6.45, 7) is 7.13. The molecule has 2 aliphatic rings. The van der Waals surface area contributed by atoms with Crippen molar-refractivity contribution in [2.75, 3.05) is 49.1 Å². The van der Waals surface area contributed by atoms with E-state index in [1.165, 1.54) is 5.69 Å². The molecule has 0 aliphatic carbocycles. The number of benzene rings is 1. The van der Waals surface area contributed by atoms with Crippen LogP contribution in [-0.4, -0.2) is 60.0 Å². The van der Waals surface area contributed by atoms with Crippen molar-refractivity contribution < 1.29 is 4.79 Å². The Morgan fingerprint density at radius 1 is 0.926 bits per heavy atom. The SMILES string of the molecule is Cc1ccnc(N2CCC(C(=O)N3CCN(c4ccccc4)CC3)CC2)n1. The van der Waals surface area contributed by atoms with Gasteiger partial charge in [0.2, 0.25) is 11.9 Å². The van der Waals surface area contributed by atoms with Crippen molar-refractivity contribution in [3.8, 4) is 0 Å². The third kappa shape index (κ3) is 4.04. The van der Waals surface area contributed by atoms with Gasteiger partial charge in [0, 0.05) is 62.8 Å². The van der Waals surface area contributed by atoms with Gasteiger partial charge in [-0.3, -0.25) is 4.79 Å². The maximum Gasteiger partial charge on any atom is 0.225 e. The van der Waals surface area contributed by atoms with Gasteiger partial charge in [-0.05, 0) is 38.0 Å². The minimum absolute atomic E-state index is 0.134. The molecule has 2 saturated heterocycles. The molecular weight excluding hydrogens is 338 g/mol. The Morgan fingerprint density at radius 2 is 1.63 bits per heavy atom. The molecule has 0 N–H and O–H groups in total. The van der Waals surface area contributed by atoms with E-state index in [1.54, 1.807) is 6.20 Å². The summed E-state index contributed by atoms with van der Waals surface area (Å²) in [7, 11) is 0. The molecule has 1 aromatic heterocycles. The third-order valence-electron chi connectivity index (χ3n) is 5.62. The molecule has 2 fully saturated rings. The topological polar surface area (TPSA) is 52.6 Å². The van der Waals surface area contributed by atoms with Crippen LogP contribution < -0.4 is 9.80 Å². The van der Waals surface area contributed by atoms with E-state index in [4.69, 9.17) is 0 Å². The van der Waals surface area contributed by atoms with Gasteiger partial charge in [-0.25, -0.2) is 9.97 Å². The largest absolute Gasteiger partial charge is 0.368 e. The van der Waals surface area contributed by atoms with Crippen molar-refractivity contribution in [3.05, 3.63) is 48.3 Å². The first-order chi connectivity index (χ1) is 13.2. The van der Waals surface area contributed by atoms with Gasteiger partial charge in [0.1, 0.15) is 0 Å². The molecule has 142 valence electrons. The van der Waals surface area contributed by atoms with Crippen LogP contribution in [0.4, 0.5) is 11.6 Å². The first-order valence-electron chi connectivity index (χ1n) is 9.84. The number of piperazine rings is 1. The van der Waals surface area contributed by atoms with Crippen LogP contribution in [0.3, 0.4) is 0 Å². The predicted molar refractivity (Wildman–Crippen MR) is 107 cm³/mol. The highest BCUT2D eigenvalue weighted by Crippen LogP contribution is 2.24. The average molecular weight is 365 g/mol. The molecule has 27 heavy (non-hydrogen) atoms. The molecular formula is C21H27N5O. The summed E-state index contributed by atoms with van der Waals surface area (Å²) in [6, 6.07) is 12.4. The quantitative estimate of drug-likeness (QED) is 0.836. The number of nitrogens with zero attached hydrogens (tertiary/aromatic N) is 5. The summed E-state index contributed by atoms with van der Waals surface area (Å²) < 4.78 is 0. The van der Waals surface area contributed by atoms with Crippen LogP contribution in [0.1, 0.15) is 18.5 Å². The molecule has 1 aromatic carbocycles. The number of rotatable bonds is 3. The standard InChI is InChI=1S/C21H27N5O/c1-17-7-10-22-21(23-17)26-11-8-18(9-12-26)20(27)25-15-13-24(14-16-25)19-5-3-2-4-6-19/h2-7,10,18H,8-9,11-16H2,1H3. The molecule has 6 heteroatoms. The van der Waals surface area contributed by atoms with Gasteiger partial charge in [0.05, 0.1) is 0 Å². The summed E-state index contributed by atoms with van der Waals surface area (Å²) in [5.74, 6) is 1.25. The van der Waals surface area contributed by atoms with Crippen molar-refractivity contribution >= 4 is 17.5 Å². The lowest BCUT2D eigenvalue weighted by molar-refractivity contribution is -0.136. The third-order valence-corrected chi connectivity index (χ3v) is 5.62. The molecule has 2 aliphatic heterocycles. The minimum Gasteiger partial charge on any atom is -0.368 e. The summed E-state index contributed by atoms with van der Waals surface area (Å²) in [5.41, 5.74) is 2.23. The van der Waals surface area contributed by atoms with Gasteiger partial charge in [-0.2, -0.15) is 0 Å². The molecule has 0 saturated carbocycles. The second-order valence-electron chi connectivity index (χ2n) is 7.41. The smallest absolute Gasteiger partial charge is 0.225 e. The van der Waals surface area contributed by atoms with E-state index in [-0.39, 0.29) is 5.92 Å². The van der Waals surface area contributed by atoms with E-state index < -0.39 is 0 Å². The highest BCUT2D eigenvalue weighted by atomic mass is 16.2. The van der Waals surface area contributed by atoms with Crippen LogP contribution in [0, 0.1) is 12.8 Å². The second-order valence-corrected chi connectivity index (χ2v) is 7.41. The summed E-state index contributed by atoms with van der Waals surface area (Å²) in [4.78, 5) is 28.5. The number of hydrogen-bond donors (Lipinski definition) is 0. The van der Waals surface area contributed by atoms with Crippen molar-refractivity contribution in [2.24, 2.45) is 5.92 Å². The molecule has 0 bridgehead atoms. The summed E-state index contributed by atoms with van der Waals surface area (Å²) in [6.07, 6.45) is 3.57. The lowest BCUT2D eigenvalue weighted by atomic mass is 9.95. The number of amides is 1. The first kappa shape index (κ1) is 17.8. The maximum absolute atomic E-state index is 13.0. The molecule has 4 rings (SSSR count). The zero-order valence-electron chi connectivity index (χ0n) is 15.9. The first-order valence-corrected chi connectivity index (χ1v) is 9.84. The molecule has 2 aromatic rings. The van der Waals surface area contributed by atoms with E-state index >= 15 is 0 Å². The van der Waals surface area contributed by atoms with Crippen LogP contribution >= 0.6 is 0 Å². The summed E-state index contributed by atoms with van der Waals surface area (Å²) in [5, 5.41) is 0.